The van der Waals surface area contributed by atoms with Gasteiger partial charge >= 0.3 is 0 Å². The third-order valence-corrected chi connectivity index (χ3v) is 5.73. The summed E-state index contributed by atoms with van der Waals surface area (Å²) >= 11 is 0.809. The Morgan fingerprint density at radius 1 is 1.16 bits per heavy atom. The van der Waals surface area contributed by atoms with E-state index in [9.17, 15) is 14.4 Å². The Morgan fingerprint density at radius 2 is 1.81 bits per heavy atom. The molecule has 8 nitrogen and oxygen atoms in total. The van der Waals surface area contributed by atoms with Crippen molar-refractivity contribution in [2.75, 3.05) is 17.2 Å². The van der Waals surface area contributed by atoms with Crippen molar-refractivity contribution < 1.29 is 14.4 Å². The number of rotatable bonds is 10. The van der Waals surface area contributed by atoms with Crippen LogP contribution >= 0.6 is 11.5 Å². The van der Waals surface area contributed by atoms with E-state index in [0.29, 0.717) is 31.0 Å². The van der Waals surface area contributed by atoms with Gasteiger partial charge in [0.25, 0.3) is 11.8 Å². The van der Waals surface area contributed by atoms with Crippen LogP contribution in [0, 0.1) is 12.8 Å². The number of nitrogens with two attached hydrogens (primary N) is 2. The van der Waals surface area contributed by atoms with Crippen LogP contribution in [0.2, 0.25) is 0 Å². The van der Waals surface area contributed by atoms with Gasteiger partial charge in [0.1, 0.15) is 10.9 Å². The Morgan fingerprint density at radius 3 is 2.32 bits per heavy atom. The second-order valence-electron chi connectivity index (χ2n) is 7.93. The van der Waals surface area contributed by atoms with E-state index in [1.165, 1.54) is 4.90 Å². The summed E-state index contributed by atoms with van der Waals surface area (Å²) in [7, 11) is 0. The van der Waals surface area contributed by atoms with Crippen molar-refractivity contribution in [1.82, 2.24) is 9.69 Å². The van der Waals surface area contributed by atoms with Crippen LogP contribution in [0.25, 0.3) is 0 Å². The number of hydrogen-bond acceptors (Lipinski definition) is 6. The minimum absolute atomic E-state index is 0.0601. The lowest BCUT2D eigenvalue weighted by Crippen LogP contribution is -2.50. The number of nitrogens with one attached hydrogen (secondary N) is 1. The molecule has 1 aromatic carbocycles. The van der Waals surface area contributed by atoms with Gasteiger partial charge in [-0.15, -0.1) is 0 Å². The molecule has 0 bridgehead atoms. The number of nitrogens with zero attached hydrogens (tertiary/aromatic N) is 2. The molecule has 0 unspecified atom stereocenters. The van der Waals surface area contributed by atoms with Gasteiger partial charge in [-0.25, -0.2) is 0 Å². The summed E-state index contributed by atoms with van der Waals surface area (Å²) in [5.74, 6) is -1.06. The van der Waals surface area contributed by atoms with Crippen molar-refractivity contribution in [1.29, 1.82) is 0 Å². The minimum Gasteiger partial charge on any atom is -0.395 e. The van der Waals surface area contributed by atoms with Crippen LogP contribution in [0.15, 0.2) is 24.3 Å². The third kappa shape index (κ3) is 6.04. The van der Waals surface area contributed by atoms with E-state index in [4.69, 9.17) is 11.5 Å². The lowest BCUT2D eigenvalue weighted by molar-refractivity contribution is -0.122. The van der Waals surface area contributed by atoms with Gasteiger partial charge in [0.2, 0.25) is 5.91 Å². The normalized spacial score (nSPS) is 11.9. The molecule has 2 rings (SSSR count). The van der Waals surface area contributed by atoms with Crippen molar-refractivity contribution >= 4 is 40.6 Å². The van der Waals surface area contributed by atoms with Gasteiger partial charge in [-0.05, 0) is 49.3 Å². The number of carbonyl (C=O) groups is 3. The van der Waals surface area contributed by atoms with Crippen LogP contribution in [-0.2, 0) is 4.79 Å². The molecule has 31 heavy (non-hydrogen) atoms. The number of nitrogen functional groups attached to an aromatic ring is 1. The molecule has 1 aromatic heterocycles. The third-order valence-electron chi connectivity index (χ3n) is 4.88. The number of hydrogen-bond donors (Lipinski definition) is 3. The average Bonchev–Trinajstić information content (AvgIpc) is 3.10. The summed E-state index contributed by atoms with van der Waals surface area (Å²) in [4.78, 5) is 39.8. The Balaban J connectivity index is 2.47. The Hall–Kier alpha value is -2.94. The SMILES string of the molecule is CCC[C@@H](C(=O)NCCC(C)C)N(C(=O)c1snc(C(N)=O)c1N)c1ccc(C)cc1. The summed E-state index contributed by atoms with van der Waals surface area (Å²) < 4.78 is 3.94. The highest BCUT2D eigenvalue weighted by molar-refractivity contribution is 7.09. The van der Waals surface area contributed by atoms with Gasteiger partial charge in [-0.3, -0.25) is 19.3 Å². The molecule has 0 aliphatic rings. The monoisotopic (exact) mass is 445 g/mol. The molecule has 0 radical (unpaired) electrons. The second-order valence-corrected chi connectivity index (χ2v) is 8.70. The van der Waals surface area contributed by atoms with Crippen molar-refractivity contribution in [3.63, 3.8) is 0 Å². The first-order chi connectivity index (χ1) is 14.7. The molecule has 5 N–H and O–H groups in total. The molecule has 0 spiro atoms. The first kappa shape index (κ1) is 24.3. The molecule has 3 amide bonds. The number of aromatic nitrogens is 1. The van der Waals surface area contributed by atoms with Crippen LogP contribution in [0.5, 0.6) is 0 Å². The van der Waals surface area contributed by atoms with Crippen molar-refractivity contribution in [2.45, 2.75) is 53.0 Å². The van der Waals surface area contributed by atoms with Gasteiger partial charge in [-0.2, -0.15) is 4.37 Å². The number of anilines is 2. The lowest BCUT2D eigenvalue weighted by atomic mass is 10.1. The molecule has 1 atom stereocenters. The van der Waals surface area contributed by atoms with E-state index >= 15 is 0 Å². The number of amides is 3. The van der Waals surface area contributed by atoms with Crippen LogP contribution in [0.3, 0.4) is 0 Å². The summed E-state index contributed by atoms with van der Waals surface area (Å²) in [6, 6.07) is 6.61. The van der Waals surface area contributed by atoms with Gasteiger partial charge in [0.15, 0.2) is 5.69 Å². The standard InChI is InChI=1S/C22H31N5O3S/c1-5-6-16(21(29)25-12-11-13(2)3)27(15-9-7-14(4)8-10-15)22(30)19-17(23)18(20(24)28)26-31-19/h7-10,13,16H,5-6,11-12,23H2,1-4H3,(H2,24,28)(H,25,29)/t16-/m0/s1. The Bertz CT molecular complexity index is 924. The quantitative estimate of drug-likeness (QED) is 0.517. The van der Waals surface area contributed by atoms with E-state index in [1.54, 1.807) is 12.1 Å². The highest BCUT2D eigenvalue weighted by atomic mass is 32.1. The van der Waals surface area contributed by atoms with E-state index < -0.39 is 17.9 Å². The molecule has 168 valence electrons. The van der Waals surface area contributed by atoms with Crippen molar-refractivity contribution in [2.24, 2.45) is 11.7 Å². The van der Waals surface area contributed by atoms with Crippen molar-refractivity contribution in [3.8, 4) is 0 Å². The smallest absolute Gasteiger partial charge is 0.272 e. The molecular formula is C22H31N5O3S. The van der Waals surface area contributed by atoms with Crippen LogP contribution in [-0.4, -0.2) is 34.7 Å². The Labute approximate surface area is 187 Å². The molecule has 2 aromatic rings. The maximum atomic E-state index is 13.6. The van der Waals surface area contributed by atoms with Gasteiger partial charge in [0, 0.05) is 12.2 Å². The summed E-state index contributed by atoms with van der Waals surface area (Å²) in [5, 5.41) is 2.95. The first-order valence-corrected chi connectivity index (χ1v) is 11.2. The number of carbonyl (C=O) groups excluding carboxylic acids is 3. The lowest BCUT2D eigenvalue weighted by Gasteiger charge is -2.31. The van der Waals surface area contributed by atoms with E-state index in [0.717, 1.165) is 23.5 Å². The topological polar surface area (TPSA) is 131 Å². The van der Waals surface area contributed by atoms with Crippen LogP contribution in [0.1, 0.15) is 65.8 Å². The fourth-order valence-electron chi connectivity index (χ4n) is 3.14. The zero-order valence-corrected chi connectivity index (χ0v) is 19.3. The molecule has 0 fully saturated rings. The summed E-state index contributed by atoms with van der Waals surface area (Å²) in [6.45, 7) is 8.60. The van der Waals surface area contributed by atoms with E-state index in [1.807, 2.05) is 26.0 Å². The Kier molecular flexibility index (Phi) is 8.56. The van der Waals surface area contributed by atoms with E-state index in [2.05, 4.69) is 23.5 Å². The molecular weight excluding hydrogens is 414 g/mol. The number of aryl methyl sites for hydroxylation is 1. The predicted molar refractivity (Wildman–Crippen MR) is 124 cm³/mol. The first-order valence-electron chi connectivity index (χ1n) is 10.4. The second kappa shape index (κ2) is 10.9. The van der Waals surface area contributed by atoms with Gasteiger partial charge in [0.05, 0.1) is 5.69 Å². The fraction of sp³-hybridized carbons (Fsp3) is 0.455. The molecule has 0 aliphatic carbocycles. The van der Waals surface area contributed by atoms with Crippen LogP contribution < -0.4 is 21.7 Å². The maximum Gasteiger partial charge on any atom is 0.272 e. The highest BCUT2D eigenvalue weighted by Crippen LogP contribution is 2.29. The predicted octanol–water partition coefficient (Wildman–Crippen LogP) is 3.11. The number of benzene rings is 1. The average molecular weight is 446 g/mol. The molecule has 0 aliphatic heterocycles. The zero-order chi connectivity index (χ0) is 23.1. The summed E-state index contributed by atoms with van der Waals surface area (Å²) in [5.41, 5.74) is 12.7. The fourth-order valence-corrected chi connectivity index (χ4v) is 3.88. The zero-order valence-electron chi connectivity index (χ0n) is 18.5. The van der Waals surface area contributed by atoms with Crippen molar-refractivity contribution in [3.05, 3.63) is 40.4 Å². The maximum absolute atomic E-state index is 13.6. The largest absolute Gasteiger partial charge is 0.395 e. The molecule has 1 heterocycles. The van der Waals surface area contributed by atoms with Gasteiger partial charge < -0.3 is 16.8 Å². The van der Waals surface area contributed by atoms with Crippen LogP contribution in [0.4, 0.5) is 11.4 Å². The summed E-state index contributed by atoms with van der Waals surface area (Å²) in [6.07, 6.45) is 2.00. The number of primary amides is 1. The molecule has 0 saturated heterocycles. The molecule has 9 heteroatoms. The molecule has 0 saturated carbocycles. The van der Waals surface area contributed by atoms with Gasteiger partial charge in [-0.1, -0.05) is 44.9 Å². The minimum atomic E-state index is -0.800. The van der Waals surface area contributed by atoms with E-state index in [-0.39, 0.29) is 22.2 Å². The highest BCUT2D eigenvalue weighted by Gasteiger charge is 2.34.